The number of carboxylic acids is 1. The van der Waals surface area contributed by atoms with Gasteiger partial charge in [0.25, 0.3) is 0 Å². The van der Waals surface area contributed by atoms with Crippen LogP contribution in [0.5, 0.6) is 0 Å². The fourth-order valence-corrected chi connectivity index (χ4v) is 1.41. The third-order valence-electron chi connectivity index (χ3n) is 2.30. The Morgan fingerprint density at radius 2 is 2.06 bits per heavy atom. The Morgan fingerprint density at radius 3 is 2.75 bits per heavy atom. The summed E-state index contributed by atoms with van der Waals surface area (Å²) in [5.41, 5.74) is 7.55. The summed E-state index contributed by atoms with van der Waals surface area (Å²) in [4.78, 5) is 10.3. The predicted molar refractivity (Wildman–Crippen MR) is 66.0 cm³/mol. The Hall–Kier alpha value is -1.77. The highest BCUT2D eigenvalue weighted by molar-refractivity contribution is 5.66. The quantitative estimate of drug-likeness (QED) is 0.571. The van der Waals surface area contributed by atoms with Crippen LogP contribution in [0.25, 0.3) is 6.08 Å². The van der Waals surface area contributed by atoms with Gasteiger partial charge in [0, 0.05) is 12.1 Å². The smallest absolute Gasteiger partial charge is 0.303 e. The van der Waals surface area contributed by atoms with E-state index < -0.39 is 5.97 Å². The van der Waals surface area contributed by atoms with Crippen LogP contribution in [-0.2, 0) is 4.79 Å². The van der Waals surface area contributed by atoms with E-state index in [2.05, 4.69) is 0 Å². The highest BCUT2D eigenvalue weighted by Crippen LogP contribution is 2.13. The molecule has 16 heavy (non-hydrogen) atoms. The molecule has 1 rings (SSSR count). The molecule has 3 nitrogen and oxygen atoms in total. The Kier molecular flexibility index (Phi) is 5.12. The molecular formula is C13H17NO2. The highest BCUT2D eigenvalue weighted by Gasteiger charge is 1.95. The van der Waals surface area contributed by atoms with Gasteiger partial charge in [-0.3, -0.25) is 4.79 Å². The zero-order valence-corrected chi connectivity index (χ0v) is 9.23. The molecular weight excluding hydrogens is 202 g/mol. The summed E-state index contributed by atoms with van der Waals surface area (Å²) < 4.78 is 0. The number of nitrogen functional groups attached to an aromatic ring is 1. The van der Waals surface area contributed by atoms with Crippen molar-refractivity contribution in [3.63, 3.8) is 0 Å². The normalized spacial score (nSPS) is 10.8. The van der Waals surface area contributed by atoms with E-state index >= 15 is 0 Å². The summed E-state index contributed by atoms with van der Waals surface area (Å²) in [6, 6.07) is 7.67. The number of nitrogens with two attached hydrogens (primary N) is 1. The third kappa shape index (κ3) is 4.64. The number of carbonyl (C=O) groups is 1. The van der Waals surface area contributed by atoms with Crippen LogP contribution in [0.2, 0.25) is 0 Å². The van der Waals surface area contributed by atoms with Crippen molar-refractivity contribution >= 4 is 17.7 Å². The molecule has 0 bridgehead atoms. The van der Waals surface area contributed by atoms with E-state index in [0.717, 1.165) is 30.5 Å². The molecule has 1 aromatic rings. The van der Waals surface area contributed by atoms with Crippen LogP contribution >= 0.6 is 0 Å². The lowest BCUT2D eigenvalue weighted by molar-refractivity contribution is -0.137. The lowest BCUT2D eigenvalue weighted by Crippen LogP contribution is -1.92. The highest BCUT2D eigenvalue weighted by atomic mass is 16.4. The van der Waals surface area contributed by atoms with E-state index in [0.29, 0.717) is 0 Å². The molecule has 0 unspecified atom stereocenters. The lowest BCUT2D eigenvalue weighted by atomic mass is 10.1. The topological polar surface area (TPSA) is 63.3 Å². The molecule has 0 saturated heterocycles. The van der Waals surface area contributed by atoms with Gasteiger partial charge < -0.3 is 10.8 Å². The van der Waals surface area contributed by atoms with Gasteiger partial charge in [0.2, 0.25) is 0 Å². The first-order valence-corrected chi connectivity index (χ1v) is 5.43. The number of aliphatic carboxylic acids is 1. The molecule has 0 aliphatic carbocycles. The van der Waals surface area contributed by atoms with Crippen LogP contribution < -0.4 is 5.73 Å². The number of benzene rings is 1. The van der Waals surface area contributed by atoms with Crippen LogP contribution in [0.3, 0.4) is 0 Å². The fraction of sp³-hybridized carbons (Fsp3) is 0.308. The maximum Gasteiger partial charge on any atom is 0.303 e. The Labute approximate surface area is 95.6 Å². The van der Waals surface area contributed by atoms with Crippen molar-refractivity contribution in [2.75, 3.05) is 5.73 Å². The molecule has 0 amide bonds. The Bertz CT molecular complexity index is 372. The SMILES string of the molecule is Nc1ccccc1C=CCCCCC(=O)O. The standard InChI is InChI=1S/C13H17NO2/c14-12-9-6-5-8-11(12)7-3-1-2-4-10-13(15)16/h3,5-9H,1-2,4,10,14H2,(H,15,16). The minimum atomic E-state index is -0.726. The number of unbranched alkanes of at least 4 members (excludes halogenated alkanes) is 2. The van der Waals surface area contributed by atoms with E-state index in [1.165, 1.54) is 0 Å². The Balaban J connectivity index is 2.27. The van der Waals surface area contributed by atoms with E-state index in [1.54, 1.807) is 0 Å². The molecule has 0 saturated carbocycles. The summed E-state index contributed by atoms with van der Waals surface area (Å²) in [5, 5.41) is 8.45. The van der Waals surface area contributed by atoms with Crippen LogP contribution in [0.15, 0.2) is 30.3 Å². The van der Waals surface area contributed by atoms with Gasteiger partial charge in [-0.25, -0.2) is 0 Å². The largest absolute Gasteiger partial charge is 0.481 e. The predicted octanol–water partition coefficient (Wildman–Crippen LogP) is 2.93. The first-order valence-electron chi connectivity index (χ1n) is 5.43. The Morgan fingerprint density at radius 1 is 1.31 bits per heavy atom. The van der Waals surface area contributed by atoms with Crippen LogP contribution in [-0.4, -0.2) is 11.1 Å². The first kappa shape index (κ1) is 12.3. The zero-order valence-electron chi connectivity index (χ0n) is 9.23. The van der Waals surface area contributed by atoms with Gasteiger partial charge in [-0.15, -0.1) is 0 Å². The molecule has 3 N–H and O–H groups in total. The number of rotatable bonds is 6. The van der Waals surface area contributed by atoms with Gasteiger partial charge in [-0.2, -0.15) is 0 Å². The van der Waals surface area contributed by atoms with Crippen LogP contribution in [0.1, 0.15) is 31.2 Å². The molecule has 3 heteroatoms. The second kappa shape index (κ2) is 6.67. The van der Waals surface area contributed by atoms with Crippen molar-refractivity contribution in [2.45, 2.75) is 25.7 Å². The summed E-state index contributed by atoms with van der Waals surface area (Å²) in [5.74, 6) is -0.726. The van der Waals surface area contributed by atoms with E-state index in [9.17, 15) is 4.79 Å². The molecule has 0 fully saturated rings. The summed E-state index contributed by atoms with van der Waals surface area (Å²) >= 11 is 0. The first-order chi connectivity index (χ1) is 7.70. The van der Waals surface area contributed by atoms with E-state index in [-0.39, 0.29) is 6.42 Å². The molecule has 1 aromatic carbocycles. The van der Waals surface area contributed by atoms with Gasteiger partial charge >= 0.3 is 5.97 Å². The molecule has 0 aromatic heterocycles. The third-order valence-corrected chi connectivity index (χ3v) is 2.30. The van der Waals surface area contributed by atoms with Crippen molar-refractivity contribution in [2.24, 2.45) is 0 Å². The monoisotopic (exact) mass is 219 g/mol. The molecule has 0 heterocycles. The van der Waals surface area contributed by atoms with Gasteiger partial charge in [-0.1, -0.05) is 30.4 Å². The second-order valence-corrected chi connectivity index (χ2v) is 3.67. The van der Waals surface area contributed by atoms with Crippen LogP contribution in [0, 0.1) is 0 Å². The maximum absolute atomic E-state index is 10.3. The van der Waals surface area contributed by atoms with Gasteiger partial charge in [0.1, 0.15) is 0 Å². The maximum atomic E-state index is 10.3. The fourth-order valence-electron chi connectivity index (χ4n) is 1.41. The van der Waals surface area contributed by atoms with Gasteiger partial charge in [0.05, 0.1) is 0 Å². The minimum Gasteiger partial charge on any atom is -0.481 e. The number of anilines is 1. The molecule has 0 atom stereocenters. The molecule has 0 radical (unpaired) electrons. The summed E-state index contributed by atoms with van der Waals surface area (Å²) in [6.45, 7) is 0. The second-order valence-electron chi connectivity index (χ2n) is 3.67. The van der Waals surface area contributed by atoms with Gasteiger partial charge in [-0.05, 0) is 30.9 Å². The number of carboxylic acid groups (broad SMARTS) is 1. The van der Waals surface area contributed by atoms with Crippen molar-refractivity contribution in [3.05, 3.63) is 35.9 Å². The van der Waals surface area contributed by atoms with Crippen molar-refractivity contribution < 1.29 is 9.90 Å². The summed E-state index contributed by atoms with van der Waals surface area (Å²) in [6.07, 6.45) is 6.78. The van der Waals surface area contributed by atoms with E-state index in [4.69, 9.17) is 10.8 Å². The van der Waals surface area contributed by atoms with Crippen molar-refractivity contribution in [1.29, 1.82) is 0 Å². The molecule has 0 spiro atoms. The minimum absolute atomic E-state index is 0.251. The molecule has 86 valence electrons. The average molecular weight is 219 g/mol. The summed E-state index contributed by atoms with van der Waals surface area (Å²) in [7, 11) is 0. The average Bonchev–Trinajstić information content (AvgIpc) is 2.25. The zero-order chi connectivity index (χ0) is 11.8. The number of hydrogen-bond donors (Lipinski definition) is 2. The van der Waals surface area contributed by atoms with E-state index in [1.807, 2.05) is 36.4 Å². The van der Waals surface area contributed by atoms with Crippen LogP contribution in [0.4, 0.5) is 5.69 Å². The number of hydrogen-bond acceptors (Lipinski definition) is 2. The lowest BCUT2D eigenvalue weighted by Gasteiger charge is -1.98. The number of para-hydroxylation sites is 1. The van der Waals surface area contributed by atoms with Gasteiger partial charge in [0.15, 0.2) is 0 Å². The molecule has 0 aliphatic rings. The van der Waals surface area contributed by atoms with Crippen molar-refractivity contribution in [3.8, 4) is 0 Å². The molecule has 0 aliphatic heterocycles. The van der Waals surface area contributed by atoms with Crippen molar-refractivity contribution in [1.82, 2.24) is 0 Å². The number of allylic oxidation sites excluding steroid dienone is 1.